The Hall–Kier alpha value is -3.19. The van der Waals surface area contributed by atoms with Gasteiger partial charge in [0.05, 0.1) is 7.11 Å². The van der Waals surface area contributed by atoms with Gasteiger partial charge in [0.1, 0.15) is 17.1 Å². The molecule has 1 heterocycles. The highest BCUT2D eigenvalue weighted by atomic mass is 35.5. The van der Waals surface area contributed by atoms with Crippen molar-refractivity contribution >= 4 is 34.8 Å². The van der Waals surface area contributed by atoms with Gasteiger partial charge in [-0.05, 0) is 48.4 Å². The minimum Gasteiger partial charge on any atom is -0.497 e. The van der Waals surface area contributed by atoms with Gasteiger partial charge in [0.15, 0.2) is 5.82 Å². The Morgan fingerprint density at radius 3 is 2.78 bits per heavy atom. The van der Waals surface area contributed by atoms with Crippen LogP contribution in [-0.4, -0.2) is 23.2 Å². The Labute approximate surface area is 161 Å². The number of methoxy groups -OCH3 is 1. The Morgan fingerprint density at radius 1 is 1.30 bits per heavy atom. The molecule has 0 spiro atoms. The summed E-state index contributed by atoms with van der Waals surface area (Å²) >= 11 is 5.99. The van der Waals surface area contributed by atoms with Crippen molar-refractivity contribution in [3.8, 4) is 5.75 Å². The van der Waals surface area contributed by atoms with Crippen LogP contribution in [0.4, 0.5) is 17.3 Å². The fourth-order valence-electron chi connectivity index (χ4n) is 2.68. The zero-order chi connectivity index (χ0) is 19.4. The molecule has 0 aliphatic rings. The molecule has 1 aromatic heterocycles. The number of carbonyl (C=O) groups is 1. The lowest BCUT2D eigenvalue weighted by atomic mass is 10.1. The van der Waals surface area contributed by atoms with Crippen molar-refractivity contribution in [1.29, 1.82) is 0 Å². The molecular formula is C19H20ClN5O2. The van der Waals surface area contributed by atoms with Crippen molar-refractivity contribution in [3.05, 3.63) is 64.2 Å². The van der Waals surface area contributed by atoms with Gasteiger partial charge in [-0.1, -0.05) is 23.7 Å². The topological polar surface area (TPSA) is 105 Å². The zero-order valence-corrected chi connectivity index (χ0v) is 15.7. The largest absolute Gasteiger partial charge is 0.497 e. The molecule has 0 saturated carbocycles. The number of ether oxygens (including phenoxy) is 1. The third-order valence-corrected chi connectivity index (χ3v) is 4.34. The summed E-state index contributed by atoms with van der Waals surface area (Å²) in [4.78, 5) is 12.0. The summed E-state index contributed by atoms with van der Waals surface area (Å²) in [5.41, 5.74) is 8.64. The molecule has 5 N–H and O–H groups in total. The molecule has 7 nitrogen and oxygen atoms in total. The summed E-state index contributed by atoms with van der Waals surface area (Å²) in [6, 6.07) is 12.9. The molecule has 0 saturated heterocycles. The van der Waals surface area contributed by atoms with Crippen LogP contribution in [0.25, 0.3) is 0 Å². The molecule has 0 aliphatic heterocycles. The van der Waals surface area contributed by atoms with Crippen molar-refractivity contribution in [3.63, 3.8) is 0 Å². The maximum Gasteiger partial charge on any atom is 0.256 e. The van der Waals surface area contributed by atoms with Crippen LogP contribution in [-0.2, 0) is 6.54 Å². The standard InChI is InChI=1S/C19H20ClN5O2/c1-11-8-15(27-2)7-6-12(11)10-22-18-16(17(21)26)19(25-24-18)23-14-5-3-4-13(20)9-14/h3-9H,10H2,1-2H3,(H2,21,26)(H3,22,23,24,25). The second-order valence-corrected chi connectivity index (χ2v) is 6.40. The minimum atomic E-state index is -0.595. The normalized spacial score (nSPS) is 10.5. The lowest BCUT2D eigenvalue weighted by Gasteiger charge is -2.10. The first kappa shape index (κ1) is 18.6. The number of amides is 1. The molecule has 3 aromatic rings. The van der Waals surface area contributed by atoms with E-state index in [2.05, 4.69) is 20.8 Å². The number of aromatic amines is 1. The molecule has 0 aliphatic carbocycles. The number of hydrogen-bond acceptors (Lipinski definition) is 5. The number of H-pyrrole nitrogens is 1. The van der Waals surface area contributed by atoms with E-state index < -0.39 is 5.91 Å². The Bertz CT molecular complexity index is 970. The van der Waals surface area contributed by atoms with Crippen LogP contribution >= 0.6 is 11.6 Å². The number of nitrogens with zero attached hydrogens (tertiary/aromatic N) is 1. The highest BCUT2D eigenvalue weighted by molar-refractivity contribution is 6.30. The van der Waals surface area contributed by atoms with Crippen molar-refractivity contribution in [2.75, 3.05) is 17.7 Å². The van der Waals surface area contributed by atoms with Gasteiger partial charge in [0.2, 0.25) is 0 Å². The summed E-state index contributed by atoms with van der Waals surface area (Å²) in [7, 11) is 1.63. The maximum absolute atomic E-state index is 12.0. The second kappa shape index (κ2) is 8.01. The van der Waals surface area contributed by atoms with E-state index in [1.165, 1.54) is 0 Å². The number of nitrogens with one attached hydrogen (secondary N) is 3. The first-order chi connectivity index (χ1) is 13.0. The van der Waals surface area contributed by atoms with Gasteiger partial charge < -0.3 is 21.1 Å². The number of anilines is 3. The monoisotopic (exact) mass is 385 g/mol. The quantitative estimate of drug-likeness (QED) is 0.494. The van der Waals surface area contributed by atoms with E-state index in [0.29, 0.717) is 28.9 Å². The lowest BCUT2D eigenvalue weighted by molar-refractivity contribution is 0.100. The fourth-order valence-corrected chi connectivity index (χ4v) is 2.87. The summed E-state index contributed by atoms with van der Waals surface area (Å²) in [5.74, 6) is 0.977. The predicted molar refractivity (Wildman–Crippen MR) is 107 cm³/mol. The number of halogens is 1. The van der Waals surface area contributed by atoms with Crippen molar-refractivity contribution in [1.82, 2.24) is 10.2 Å². The molecule has 1 amide bonds. The molecule has 27 heavy (non-hydrogen) atoms. The third kappa shape index (κ3) is 4.32. The zero-order valence-electron chi connectivity index (χ0n) is 15.0. The van der Waals surface area contributed by atoms with Crippen LogP contribution in [0.3, 0.4) is 0 Å². The highest BCUT2D eigenvalue weighted by Crippen LogP contribution is 2.26. The SMILES string of the molecule is COc1ccc(CNc2n[nH]c(Nc3cccc(Cl)c3)c2C(N)=O)c(C)c1. The van der Waals surface area contributed by atoms with E-state index in [9.17, 15) is 4.79 Å². The molecule has 2 aromatic carbocycles. The molecule has 0 radical (unpaired) electrons. The van der Waals surface area contributed by atoms with E-state index in [0.717, 1.165) is 16.9 Å². The first-order valence-corrected chi connectivity index (χ1v) is 8.64. The molecule has 0 atom stereocenters. The fraction of sp³-hybridized carbons (Fsp3) is 0.158. The maximum atomic E-state index is 12.0. The van der Waals surface area contributed by atoms with E-state index >= 15 is 0 Å². The number of nitrogens with two attached hydrogens (primary N) is 1. The van der Waals surface area contributed by atoms with Gasteiger partial charge in [-0.15, -0.1) is 0 Å². The van der Waals surface area contributed by atoms with Gasteiger partial charge in [-0.3, -0.25) is 9.89 Å². The average molecular weight is 386 g/mol. The Kier molecular flexibility index (Phi) is 5.52. The Balaban J connectivity index is 1.80. The van der Waals surface area contributed by atoms with E-state index in [4.69, 9.17) is 22.1 Å². The van der Waals surface area contributed by atoms with Gasteiger partial charge in [-0.2, -0.15) is 5.10 Å². The number of rotatable bonds is 7. The van der Waals surface area contributed by atoms with E-state index in [1.54, 1.807) is 25.3 Å². The molecule has 0 fully saturated rings. The molecule has 8 heteroatoms. The number of aromatic nitrogens is 2. The van der Waals surface area contributed by atoms with Crippen LogP contribution in [0, 0.1) is 6.92 Å². The van der Waals surface area contributed by atoms with Gasteiger partial charge >= 0.3 is 0 Å². The van der Waals surface area contributed by atoms with Crippen molar-refractivity contribution < 1.29 is 9.53 Å². The predicted octanol–water partition coefficient (Wildman–Crippen LogP) is 3.83. The summed E-state index contributed by atoms with van der Waals surface area (Å²) in [6.45, 7) is 2.47. The van der Waals surface area contributed by atoms with Gasteiger partial charge in [-0.25, -0.2) is 0 Å². The molecule has 0 bridgehead atoms. The van der Waals surface area contributed by atoms with Crippen LogP contribution in [0.5, 0.6) is 5.75 Å². The molecular weight excluding hydrogens is 366 g/mol. The number of benzene rings is 2. The van der Waals surface area contributed by atoms with Crippen LogP contribution in [0.2, 0.25) is 5.02 Å². The van der Waals surface area contributed by atoms with Crippen molar-refractivity contribution in [2.24, 2.45) is 5.73 Å². The Morgan fingerprint density at radius 2 is 2.11 bits per heavy atom. The summed E-state index contributed by atoms with van der Waals surface area (Å²) in [5, 5.41) is 13.8. The third-order valence-electron chi connectivity index (χ3n) is 4.10. The van der Waals surface area contributed by atoms with Gasteiger partial charge in [0.25, 0.3) is 5.91 Å². The number of primary amides is 1. The van der Waals surface area contributed by atoms with E-state index in [-0.39, 0.29) is 5.56 Å². The minimum absolute atomic E-state index is 0.251. The van der Waals surface area contributed by atoms with E-state index in [1.807, 2.05) is 31.2 Å². The first-order valence-electron chi connectivity index (χ1n) is 8.26. The molecule has 140 valence electrons. The van der Waals surface area contributed by atoms with Crippen LogP contribution in [0.15, 0.2) is 42.5 Å². The second-order valence-electron chi connectivity index (χ2n) is 5.97. The smallest absolute Gasteiger partial charge is 0.256 e. The van der Waals surface area contributed by atoms with Crippen LogP contribution < -0.4 is 21.1 Å². The number of aryl methyl sites for hydroxylation is 1. The average Bonchev–Trinajstić information content (AvgIpc) is 3.03. The van der Waals surface area contributed by atoms with Gasteiger partial charge in [0, 0.05) is 17.3 Å². The molecule has 0 unspecified atom stereocenters. The number of carbonyl (C=O) groups excluding carboxylic acids is 1. The highest BCUT2D eigenvalue weighted by Gasteiger charge is 2.18. The van der Waals surface area contributed by atoms with Crippen LogP contribution in [0.1, 0.15) is 21.5 Å². The molecule has 3 rings (SSSR count). The number of hydrogen-bond donors (Lipinski definition) is 4. The lowest BCUT2D eigenvalue weighted by Crippen LogP contribution is -2.15. The van der Waals surface area contributed by atoms with Crippen molar-refractivity contribution in [2.45, 2.75) is 13.5 Å². The summed E-state index contributed by atoms with van der Waals surface area (Å²) in [6.07, 6.45) is 0. The summed E-state index contributed by atoms with van der Waals surface area (Å²) < 4.78 is 5.22.